The summed E-state index contributed by atoms with van der Waals surface area (Å²) in [6.45, 7) is 4.63. The van der Waals surface area contributed by atoms with Crippen LogP contribution in [-0.2, 0) is 4.79 Å². The van der Waals surface area contributed by atoms with Crippen LogP contribution in [0.2, 0.25) is 0 Å². The predicted octanol–water partition coefficient (Wildman–Crippen LogP) is 4.11. The van der Waals surface area contributed by atoms with Crippen LogP contribution < -0.4 is 14.8 Å². The molecule has 4 nitrogen and oxygen atoms in total. The molecule has 0 saturated heterocycles. The van der Waals surface area contributed by atoms with Crippen molar-refractivity contribution < 1.29 is 14.3 Å². The molecule has 2 rings (SSSR count). The Kier molecular flexibility index (Phi) is 6.03. The SMILES string of the molecule is COc1ccc(NC(=O)CCCOc2cccc(C)c2C)cc1. The fourth-order valence-corrected chi connectivity index (χ4v) is 2.19. The van der Waals surface area contributed by atoms with E-state index in [0.717, 1.165) is 22.7 Å². The van der Waals surface area contributed by atoms with Crippen molar-refractivity contribution in [1.29, 1.82) is 0 Å². The Morgan fingerprint density at radius 3 is 2.52 bits per heavy atom. The number of ether oxygens (including phenoxy) is 2. The number of nitrogens with one attached hydrogen (secondary N) is 1. The Balaban J connectivity index is 1.73. The standard InChI is InChI=1S/C19H23NO3/c1-14-6-4-7-18(15(14)2)23-13-5-8-19(21)20-16-9-11-17(22-3)12-10-16/h4,6-7,9-12H,5,8,13H2,1-3H3,(H,20,21). The van der Waals surface area contributed by atoms with Gasteiger partial charge in [-0.3, -0.25) is 4.79 Å². The third kappa shape index (κ3) is 5.02. The molecule has 1 amide bonds. The van der Waals surface area contributed by atoms with E-state index in [4.69, 9.17) is 9.47 Å². The van der Waals surface area contributed by atoms with Gasteiger partial charge < -0.3 is 14.8 Å². The number of amides is 1. The lowest BCUT2D eigenvalue weighted by molar-refractivity contribution is -0.116. The van der Waals surface area contributed by atoms with E-state index >= 15 is 0 Å². The molecule has 23 heavy (non-hydrogen) atoms. The summed E-state index contributed by atoms with van der Waals surface area (Å²) >= 11 is 0. The van der Waals surface area contributed by atoms with Crippen LogP contribution in [0.25, 0.3) is 0 Å². The molecule has 0 aliphatic rings. The smallest absolute Gasteiger partial charge is 0.224 e. The number of hydrogen-bond acceptors (Lipinski definition) is 3. The third-order valence-electron chi connectivity index (χ3n) is 3.73. The zero-order valence-electron chi connectivity index (χ0n) is 13.9. The monoisotopic (exact) mass is 313 g/mol. The van der Waals surface area contributed by atoms with Gasteiger partial charge in [-0.25, -0.2) is 0 Å². The van der Waals surface area contributed by atoms with Gasteiger partial charge in [-0.1, -0.05) is 12.1 Å². The molecule has 0 bridgehead atoms. The number of rotatable bonds is 7. The second-order valence-electron chi connectivity index (χ2n) is 5.43. The van der Waals surface area contributed by atoms with Crippen LogP contribution in [0.1, 0.15) is 24.0 Å². The van der Waals surface area contributed by atoms with Crippen LogP contribution >= 0.6 is 0 Å². The minimum atomic E-state index is -0.0141. The number of carbonyl (C=O) groups is 1. The average Bonchev–Trinajstić information content (AvgIpc) is 2.56. The molecule has 0 aliphatic heterocycles. The topological polar surface area (TPSA) is 47.6 Å². The highest BCUT2D eigenvalue weighted by Crippen LogP contribution is 2.20. The summed E-state index contributed by atoms with van der Waals surface area (Å²) < 4.78 is 10.8. The van der Waals surface area contributed by atoms with E-state index in [0.29, 0.717) is 19.4 Å². The van der Waals surface area contributed by atoms with Crippen molar-refractivity contribution in [2.75, 3.05) is 19.0 Å². The first-order chi connectivity index (χ1) is 11.1. The van der Waals surface area contributed by atoms with E-state index in [2.05, 4.69) is 18.3 Å². The van der Waals surface area contributed by atoms with Gasteiger partial charge >= 0.3 is 0 Å². The van der Waals surface area contributed by atoms with Gasteiger partial charge in [0.05, 0.1) is 13.7 Å². The van der Waals surface area contributed by atoms with Crippen molar-refractivity contribution in [1.82, 2.24) is 0 Å². The molecule has 2 aromatic rings. The van der Waals surface area contributed by atoms with Gasteiger partial charge in [0.1, 0.15) is 11.5 Å². The molecule has 2 aromatic carbocycles. The van der Waals surface area contributed by atoms with Crippen molar-refractivity contribution in [3.63, 3.8) is 0 Å². The maximum absolute atomic E-state index is 11.9. The lowest BCUT2D eigenvalue weighted by atomic mass is 10.1. The van der Waals surface area contributed by atoms with E-state index in [1.54, 1.807) is 7.11 Å². The quantitative estimate of drug-likeness (QED) is 0.783. The lowest BCUT2D eigenvalue weighted by Gasteiger charge is -2.11. The zero-order chi connectivity index (χ0) is 16.7. The van der Waals surface area contributed by atoms with Crippen molar-refractivity contribution >= 4 is 11.6 Å². The lowest BCUT2D eigenvalue weighted by Crippen LogP contribution is -2.12. The molecular weight excluding hydrogens is 290 g/mol. The molecule has 0 fully saturated rings. The van der Waals surface area contributed by atoms with Crippen LogP contribution in [0.4, 0.5) is 5.69 Å². The first-order valence-corrected chi connectivity index (χ1v) is 7.73. The Morgan fingerprint density at radius 1 is 1.09 bits per heavy atom. The highest BCUT2D eigenvalue weighted by molar-refractivity contribution is 5.90. The Hall–Kier alpha value is -2.49. The van der Waals surface area contributed by atoms with Crippen LogP contribution in [0.5, 0.6) is 11.5 Å². The summed E-state index contributed by atoms with van der Waals surface area (Å²) in [6.07, 6.45) is 1.10. The molecule has 0 heterocycles. The first-order valence-electron chi connectivity index (χ1n) is 7.73. The molecule has 122 valence electrons. The van der Waals surface area contributed by atoms with Crippen LogP contribution in [-0.4, -0.2) is 19.6 Å². The minimum absolute atomic E-state index is 0.0141. The number of hydrogen-bond donors (Lipinski definition) is 1. The summed E-state index contributed by atoms with van der Waals surface area (Å²) in [5.74, 6) is 1.64. The largest absolute Gasteiger partial charge is 0.497 e. The number of carbonyl (C=O) groups excluding carboxylic acids is 1. The van der Waals surface area contributed by atoms with Gasteiger partial charge in [0, 0.05) is 12.1 Å². The first kappa shape index (κ1) is 16.9. The zero-order valence-corrected chi connectivity index (χ0v) is 13.9. The summed E-state index contributed by atoms with van der Waals surface area (Å²) in [5.41, 5.74) is 3.13. The summed E-state index contributed by atoms with van der Waals surface area (Å²) in [4.78, 5) is 11.9. The molecule has 1 N–H and O–H groups in total. The third-order valence-corrected chi connectivity index (χ3v) is 3.73. The van der Waals surface area contributed by atoms with E-state index < -0.39 is 0 Å². The van der Waals surface area contributed by atoms with Crippen LogP contribution in [0.15, 0.2) is 42.5 Å². The molecule has 0 atom stereocenters. The van der Waals surface area contributed by atoms with E-state index in [1.807, 2.05) is 43.3 Å². The molecule has 0 saturated carbocycles. The number of aryl methyl sites for hydroxylation is 1. The van der Waals surface area contributed by atoms with E-state index in [1.165, 1.54) is 5.56 Å². The average molecular weight is 313 g/mol. The van der Waals surface area contributed by atoms with Crippen molar-refractivity contribution in [2.24, 2.45) is 0 Å². The number of anilines is 1. The van der Waals surface area contributed by atoms with Gasteiger partial charge in [-0.05, 0) is 61.7 Å². The molecule has 0 unspecified atom stereocenters. The van der Waals surface area contributed by atoms with Gasteiger partial charge in [0.2, 0.25) is 5.91 Å². The second-order valence-corrected chi connectivity index (χ2v) is 5.43. The molecule has 0 aliphatic carbocycles. The Labute approximate surface area is 137 Å². The maximum Gasteiger partial charge on any atom is 0.224 e. The van der Waals surface area contributed by atoms with E-state index in [9.17, 15) is 4.79 Å². The van der Waals surface area contributed by atoms with Crippen LogP contribution in [0.3, 0.4) is 0 Å². The second kappa shape index (κ2) is 8.22. The maximum atomic E-state index is 11.9. The summed E-state index contributed by atoms with van der Waals surface area (Å²) in [7, 11) is 1.61. The molecule has 4 heteroatoms. The van der Waals surface area contributed by atoms with Crippen molar-refractivity contribution in [2.45, 2.75) is 26.7 Å². The highest BCUT2D eigenvalue weighted by atomic mass is 16.5. The molecule has 0 aromatic heterocycles. The Morgan fingerprint density at radius 2 is 1.83 bits per heavy atom. The molecular formula is C19H23NO3. The predicted molar refractivity (Wildman–Crippen MR) is 92.3 cm³/mol. The molecule has 0 radical (unpaired) electrons. The Bertz CT molecular complexity index is 650. The number of benzene rings is 2. The van der Waals surface area contributed by atoms with Crippen molar-refractivity contribution in [3.8, 4) is 11.5 Å². The van der Waals surface area contributed by atoms with Crippen LogP contribution in [0, 0.1) is 13.8 Å². The van der Waals surface area contributed by atoms with Gasteiger partial charge in [-0.2, -0.15) is 0 Å². The van der Waals surface area contributed by atoms with Gasteiger partial charge in [-0.15, -0.1) is 0 Å². The minimum Gasteiger partial charge on any atom is -0.497 e. The molecule has 0 spiro atoms. The fraction of sp³-hybridized carbons (Fsp3) is 0.316. The van der Waals surface area contributed by atoms with Gasteiger partial charge in [0.25, 0.3) is 0 Å². The summed E-state index contributed by atoms with van der Waals surface area (Å²) in [6, 6.07) is 13.3. The normalized spacial score (nSPS) is 10.2. The highest BCUT2D eigenvalue weighted by Gasteiger charge is 2.05. The number of methoxy groups -OCH3 is 1. The fourth-order valence-electron chi connectivity index (χ4n) is 2.19. The van der Waals surface area contributed by atoms with Gasteiger partial charge in [0.15, 0.2) is 0 Å². The summed E-state index contributed by atoms with van der Waals surface area (Å²) in [5, 5.41) is 2.86. The van der Waals surface area contributed by atoms with E-state index in [-0.39, 0.29) is 5.91 Å². The van der Waals surface area contributed by atoms with Crippen molar-refractivity contribution in [3.05, 3.63) is 53.6 Å².